The number of carbonyl (C=O) groups excluding carboxylic acids is 2. The topological polar surface area (TPSA) is 61.4 Å². The molecule has 1 aromatic rings. The number of nitrogens with one attached hydrogen (secondary N) is 2. The van der Waals surface area contributed by atoms with Crippen molar-refractivity contribution in [1.82, 2.24) is 15.5 Å². The van der Waals surface area contributed by atoms with Crippen molar-refractivity contribution in [3.8, 4) is 0 Å². The van der Waals surface area contributed by atoms with Crippen molar-refractivity contribution in [3.63, 3.8) is 0 Å². The fourth-order valence-electron chi connectivity index (χ4n) is 2.93. The van der Waals surface area contributed by atoms with E-state index >= 15 is 0 Å². The van der Waals surface area contributed by atoms with Crippen LogP contribution in [0, 0.1) is 0 Å². The minimum Gasteiger partial charge on any atom is -0.352 e. The second kappa shape index (κ2) is 9.30. The van der Waals surface area contributed by atoms with Gasteiger partial charge in [-0.1, -0.05) is 25.1 Å². The van der Waals surface area contributed by atoms with Gasteiger partial charge >= 0.3 is 0 Å². The number of hydrogen-bond acceptors (Lipinski definition) is 3. The molecule has 5 nitrogen and oxygen atoms in total. The molecule has 1 unspecified atom stereocenters. The number of benzene rings is 1. The van der Waals surface area contributed by atoms with E-state index in [1.807, 2.05) is 23.1 Å². The Morgan fingerprint density at radius 1 is 1.30 bits per heavy atom. The van der Waals surface area contributed by atoms with Crippen molar-refractivity contribution in [2.45, 2.75) is 38.6 Å². The van der Waals surface area contributed by atoms with Crippen molar-refractivity contribution in [1.29, 1.82) is 0 Å². The molecule has 1 fully saturated rings. The molecule has 1 aliphatic heterocycles. The summed E-state index contributed by atoms with van der Waals surface area (Å²) < 4.78 is 0. The first-order valence-electron chi connectivity index (χ1n) is 8.55. The Bertz CT molecular complexity index is 498. The molecule has 0 aliphatic carbocycles. The molecule has 0 bridgehead atoms. The molecule has 5 heteroatoms. The lowest BCUT2D eigenvalue weighted by Gasteiger charge is -2.28. The standard InChI is InChI=1S/C18H27N3O2/c1-2-13-21(16-10-12-19-14-16)17(22)9-6-11-20-18(23)15-7-4-3-5-8-15/h3-5,7-8,16,19H,2,6,9-14H2,1H3,(H,20,23). The van der Waals surface area contributed by atoms with E-state index in [0.717, 1.165) is 32.5 Å². The predicted octanol–water partition coefficient (Wildman–Crippen LogP) is 1.80. The SMILES string of the molecule is CCCN(C(=O)CCCNC(=O)c1ccccc1)C1CCNC1. The molecule has 0 saturated carbocycles. The highest BCUT2D eigenvalue weighted by atomic mass is 16.2. The van der Waals surface area contributed by atoms with Crippen LogP contribution in [0.2, 0.25) is 0 Å². The van der Waals surface area contributed by atoms with E-state index in [9.17, 15) is 9.59 Å². The molecule has 1 aromatic carbocycles. The van der Waals surface area contributed by atoms with E-state index in [-0.39, 0.29) is 11.8 Å². The number of rotatable bonds is 8. The zero-order valence-electron chi connectivity index (χ0n) is 13.9. The molecular weight excluding hydrogens is 290 g/mol. The third kappa shape index (κ3) is 5.36. The van der Waals surface area contributed by atoms with Gasteiger partial charge in [-0.2, -0.15) is 0 Å². The van der Waals surface area contributed by atoms with Gasteiger partial charge in [0.05, 0.1) is 0 Å². The van der Waals surface area contributed by atoms with Gasteiger partial charge in [0, 0.05) is 37.7 Å². The zero-order valence-corrected chi connectivity index (χ0v) is 13.9. The van der Waals surface area contributed by atoms with Gasteiger partial charge in [-0.15, -0.1) is 0 Å². The van der Waals surface area contributed by atoms with Crippen LogP contribution in [-0.2, 0) is 4.79 Å². The van der Waals surface area contributed by atoms with Crippen LogP contribution in [0.15, 0.2) is 30.3 Å². The van der Waals surface area contributed by atoms with Crippen molar-refractivity contribution in [3.05, 3.63) is 35.9 Å². The minimum atomic E-state index is -0.0801. The Balaban J connectivity index is 1.71. The maximum Gasteiger partial charge on any atom is 0.251 e. The molecular formula is C18H27N3O2. The van der Waals surface area contributed by atoms with Crippen LogP contribution in [0.1, 0.15) is 43.0 Å². The summed E-state index contributed by atoms with van der Waals surface area (Å²) in [5, 5.41) is 6.19. The van der Waals surface area contributed by atoms with Gasteiger partial charge < -0.3 is 15.5 Å². The summed E-state index contributed by atoms with van der Waals surface area (Å²) in [7, 11) is 0. The van der Waals surface area contributed by atoms with Crippen LogP contribution < -0.4 is 10.6 Å². The second-order valence-corrected chi connectivity index (χ2v) is 5.96. The molecule has 2 rings (SSSR count). The van der Waals surface area contributed by atoms with E-state index in [1.54, 1.807) is 12.1 Å². The summed E-state index contributed by atoms with van der Waals surface area (Å²) in [5.41, 5.74) is 0.656. The van der Waals surface area contributed by atoms with Crippen LogP contribution in [0.5, 0.6) is 0 Å². The Labute approximate surface area is 138 Å². The fraction of sp³-hybridized carbons (Fsp3) is 0.556. The van der Waals surface area contributed by atoms with Crippen molar-refractivity contribution < 1.29 is 9.59 Å². The summed E-state index contributed by atoms with van der Waals surface area (Å²) in [4.78, 5) is 26.4. The Kier molecular flexibility index (Phi) is 7.07. The minimum absolute atomic E-state index is 0.0801. The van der Waals surface area contributed by atoms with Crippen molar-refractivity contribution in [2.24, 2.45) is 0 Å². The summed E-state index contributed by atoms with van der Waals surface area (Å²) in [6.07, 6.45) is 3.19. The average Bonchev–Trinajstić information content (AvgIpc) is 3.11. The maximum absolute atomic E-state index is 12.4. The van der Waals surface area contributed by atoms with E-state index in [4.69, 9.17) is 0 Å². The second-order valence-electron chi connectivity index (χ2n) is 5.96. The quantitative estimate of drug-likeness (QED) is 0.719. The highest BCUT2D eigenvalue weighted by Gasteiger charge is 2.25. The van der Waals surface area contributed by atoms with Gasteiger partial charge in [0.15, 0.2) is 0 Å². The van der Waals surface area contributed by atoms with Gasteiger partial charge in [-0.25, -0.2) is 0 Å². The fourth-order valence-corrected chi connectivity index (χ4v) is 2.93. The normalized spacial score (nSPS) is 17.0. The molecule has 1 saturated heterocycles. The van der Waals surface area contributed by atoms with Gasteiger partial charge in [0.2, 0.25) is 5.91 Å². The Morgan fingerprint density at radius 2 is 2.09 bits per heavy atom. The Morgan fingerprint density at radius 3 is 2.74 bits per heavy atom. The number of carbonyl (C=O) groups is 2. The molecule has 2 amide bonds. The molecule has 0 radical (unpaired) electrons. The van der Waals surface area contributed by atoms with Crippen molar-refractivity contribution >= 4 is 11.8 Å². The summed E-state index contributed by atoms with van der Waals surface area (Å²) in [6.45, 7) is 5.34. The third-order valence-corrected chi connectivity index (χ3v) is 4.15. The van der Waals surface area contributed by atoms with Crippen LogP contribution in [0.4, 0.5) is 0 Å². The number of amides is 2. The van der Waals surface area contributed by atoms with Gasteiger partial charge in [0.25, 0.3) is 5.91 Å². The predicted molar refractivity (Wildman–Crippen MR) is 91.3 cm³/mol. The summed E-state index contributed by atoms with van der Waals surface area (Å²) >= 11 is 0. The molecule has 1 atom stereocenters. The molecule has 126 valence electrons. The molecule has 0 aromatic heterocycles. The molecule has 23 heavy (non-hydrogen) atoms. The van der Waals surface area contributed by atoms with E-state index in [2.05, 4.69) is 17.6 Å². The largest absolute Gasteiger partial charge is 0.352 e. The van der Waals surface area contributed by atoms with Gasteiger partial charge in [-0.3, -0.25) is 9.59 Å². The van der Waals surface area contributed by atoms with Crippen LogP contribution >= 0.6 is 0 Å². The molecule has 0 spiro atoms. The first kappa shape index (κ1) is 17.5. The molecule has 2 N–H and O–H groups in total. The zero-order chi connectivity index (χ0) is 16.5. The Hall–Kier alpha value is -1.88. The van der Waals surface area contributed by atoms with E-state index < -0.39 is 0 Å². The summed E-state index contributed by atoms with van der Waals surface area (Å²) in [6, 6.07) is 9.48. The number of hydrogen-bond donors (Lipinski definition) is 2. The first-order valence-corrected chi connectivity index (χ1v) is 8.55. The highest BCUT2D eigenvalue weighted by Crippen LogP contribution is 2.11. The highest BCUT2D eigenvalue weighted by molar-refractivity contribution is 5.94. The van der Waals surface area contributed by atoms with Crippen LogP contribution in [0.25, 0.3) is 0 Å². The summed E-state index contributed by atoms with van der Waals surface area (Å²) in [5.74, 6) is 0.123. The van der Waals surface area contributed by atoms with Crippen LogP contribution in [0.3, 0.4) is 0 Å². The smallest absolute Gasteiger partial charge is 0.251 e. The first-order chi connectivity index (χ1) is 11.2. The van der Waals surface area contributed by atoms with Gasteiger partial charge in [-0.05, 0) is 37.9 Å². The van der Waals surface area contributed by atoms with Crippen molar-refractivity contribution in [2.75, 3.05) is 26.2 Å². The lowest BCUT2D eigenvalue weighted by Crippen LogP contribution is -2.42. The van der Waals surface area contributed by atoms with Crippen LogP contribution in [-0.4, -0.2) is 48.9 Å². The maximum atomic E-state index is 12.4. The van der Waals surface area contributed by atoms with Gasteiger partial charge in [0.1, 0.15) is 0 Å². The lowest BCUT2D eigenvalue weighted by atomic mass is 10.1. The number of nitrogens with zero attached hydrogens (tertiary/aromatic N) is 1. The monoisotopic (exact) mass is 317 g/mol. The van der Waals surface area contributed by atoms with E-state index in [0.29, 0.717) is 31.0 Å². The molecule has 1 aliphatic rings. The average molecular weight is 317 g/mol. The molecule has 1 heterocycles. The van der Waals surface area contributed by atoms with E-state index in [1.165, 1.54) is 0 Å². The lowest BCUT2D eigenvalue weighted by molar-refractivity contribution is -0.133. The third-order valence-electron chi connectivity index (χ3n) is 4.15.